The normalized spacial score (nSPS) is 8.07. The third kappa shape index (κ3) is 5.71. The largest absolute Gasteiger partial charge is 0.508 e. The summed E-state index contributed by atoms with van der Waals surface area (Å²) in [6.07, 6.45) is 2.01. The molecule has 0 radical (unpaired) electrons. The third-order valence-electron chi connectivity index (χ3n) is 1.32. The average Bonchev–Trinajstić information content (AvgIpc) is 2.20. The van der Waals surface area contributed by atoms with Crippen LogP contribution in [0.15, 0.2) is 36.9 Å². The Hall–Kier alpha value is -1.90. The van der Waals surface area contributed by atoms with Gasteiger partial charge in [-0.15, -0.1) is 0 Å². The molecular weight excluding hydrogens is 180 g/mol. The maximum absolute atomic E-state index is 10.0. The number of aldehydes is 1. The highest BCUT2D eigenvalue weighted by atomic mass is 16.3. The van der Waals surface area contributed by atoms with E-state index in [-0.39, 0.29) is 11.5 Å². The standard InChI is InChI=1S/C7H6O2.C4H6O/c8-5-6-1-3-7(9)4-2-6;1-3-4(2)5/h1-5,9H;3H,1H2,2H3. The summed E-state index contributed by atoms with van der Waals surface area (Å²) in [5.41, 5.74) is 0.577. The molecule has 0 amide bonds. The molecule has 1 N–H and O–H groups in total. The molecule has 0 saturated heterocycles. The Morgan fingerprint density at radius 1 is 1.36 bits per heavy atom. The number of phenolic OH excluding ortho intramolecular Hbond substituents is 1. The van der Waals surface area contributed by atoms with E-state index in [1.54, 1.807) is 12.1 Å². The van der Waals surface area contributed by atoms with Gasteiger partial charge >= 0.3 is 0 Å². The van der Waals surface area contributed by atoms with Gasteiger partial charge < -0.3 is 5.11 Å². The zero-order valence-electron chi connectivity index (χ0n) is 7.93. The number of hydrogen-bond acceptors (Lipinski definition) is 3. The number of allylic oxidation sites excluding steroid dienone is 1. The predicted octanol–water partition coefficient (Wildman–Crippen LogP) is 1.97. The molecule has 1 aromatic carbocycles. The smallest absolute Gasteiger partial charge is 0.152 e. The summed E-state index contributed by atoms with van der Waals surface area (Å²) in [5, 5.41) is 8.74. The SMILES string of the molecule is C=CC(C)=O.O=Cc1ccc(O)cc1. The van der Waals surface area contributed by atoms with Crippen molar-refractivity contribution < 1.29 is 14.7 Å². The molecule has 3 heteroatoms. The van der Waals surface area contributed by atoms with Crippen molar-refractivity contribution in [1.82, 2.24) is 0 Å². The van der Waals surface area contributed by atoms with Gasteiger partial charge in [-0.05, 0) is 37.3 Å². The summed E-state index contributed by atoms with van der Waals surface area (Å²) in [6, 6.07) is 6.07. The molecule has 0 aliphatic heterocycles. The van der Waals surface area contributed by atoms with Crippen molar-refractivity contribution >= 4 is 12.1 Å². The van der Waals surface area contributed by atoms with Crippen molar-refractivity contribution in [3.63, 3.8) is 0 Å². The molecule has 1 aromatic rings. The van der Waals surface area contributed by atoms with E-state index < -0.39 is 0 Å². The van der Waals surface area contributed by atoms with E-state index >= 15 is 0 Å². The van der Waals surface area contributed by atoms with Crippen molar-refractivity contribution in [3.05, 3.63) is 42.5 Å². The summed E-state index contributed by atoms with van der Waals surface area (Å²) < 4.78 is 0. The molecule has 0 aliphatic rings. The van der Waals surface area contributed by atoms with Gasteiger partial charge in [-0.3, -0.25) is 9.59 Å². The van der Waals surface area contributed by atoms with Crippen LogP contribution in [-0.2, 0) is 4.79 Å². The van der Waals surface area contributed by atoms with E-state index in [4.69, 9.17) is 5.11 Å². The van der Waals surface area contributed by atoms with Crippen molar-refractivity contribution in [2.75, 3.05) is 0 Å². The van der Waals surface area contributed by atoms with E-state index in [9.17, 15) is 9.59 Å². The van der Waals surface area contributed by atoms with Gasteiger partial charge in [-0.25, -0.2) is 0 Å². The first-order chi connectivity index (χ1) is 6.60. The second kappa shape index (κ2) is 6.60. The summed E-state index contributed by atoms with van der Waals surface area (Å²) >= 11 is 0. The fourth-order valence-electron chi connectivity index (χ4n) is 0.553. The number of phenols is 1. The second-order valence-electron chi connectivity index (χ2n) is 2.52. The fourth-order valence-corrected chi connectivity index (χ4v) is 0.553. The van der Waals surface area contributed by atoms with Crippen LogP contribution in [0.5, 0.6) is 5.75 Å². The quantitative estimate of drug-likeness (QED) is 0.575. The van der Waals surface area contributed by atoms with Crippen molar-refractivity contribution in [2.45, 2.75) is 6.92 Å². The molecular formula is C11H12O3. The zero-order chi connectivity index (χ0) is 11.0. The van der Waals surface area contributed by atoms with Crippen LogP contribution in [0.2, 0.25) is 0 Å². The maximum atomic E-state index is 10.0. The van der Waals surface area contributed by atoms with E-state index in [1.165, 1.54) is 25.1 Å². The number of carbonyl (C=O) groups is 2. The van der Waals surface area contributed by atoms with Crippen molar-refractivity contribution in [2.24, 2.45) is 0 Å². The minimum absolute atomic E-state index is 0.0185. The molecule has 14 heavy (non-hydrogen) atoms. The van der Waals surface area contributed by atoms with Crippen LogP contribution in [0.25, 0.3) is 0 Å². The van der Waals surface area contributed by atoms with Gasteiger partial charge in [0.2, 0.25) is 0 Å². The molecule has 0 atom stereocenters. The molecule has 0 unspecified atom stereocenters. The minimum atomic E-state index is 0.0185. The van der Waals surface area contributed by atoms with Crippen LogP contribution in [0.4, 0.5) is 0 Å². The monoisotopic (exact) mass is 192 g/mol. The average molecular weight is 192 g/mol. The lowest BCUT2D eigenvalue weighted by molar-refractivity contribution is -0.112. The summed E-state index contributed by atoms with van der Waals surface area (Å²) in [5.74, 6) is 0.200. The van der Waals surface area contributed by atoms with Gasteiger partial charge in [-0.1, -0.05) is 6.58 Å². The van der Waals surface area contributed by atoms with Crippen LogP contribution in [-0.4, -0.2) is 17.2 Å². The van der Waals surface area contributed by atoms with Crippen molar-refractivity contribution in [1.29, 1.82) is 0 Å². The minimum Gasteiger partial charge on any atom is -0.508 e. The summed E-state index contributed by atoms with van der Waals surface area (Å²) in [6.45, 7) is 4.68. The van der Waals surface area contributed by atoms with E-state index in [0.29, 0.717) is 5.56 Å². The van der Waals surface area contributed by atoms with Gasteiger partial charge in [-0.2, -0.15) is 0 Å². The molecule has 0 heterocycles. The topological polar surface area (TPSA) is 54.4 Å². The summed E-state index contributed by atoms with van der Waals surface area (Å²) in [7, 11) is 0. The third-order valence-corrected chi connectivity index (χ3v) is 1.32. The molecule has 1 rings (SSSR count). The first-order valence-electron chi connectivity index (χ1n) is 3.97. The summed E-state index contributed by atoms with van der Waals surface area (Å²) in [4.78, 5) is 19.7. The molecule has 74 valence electrons. The van der Waals surface area contributed by atoms with Crippen molar-refractivity contribution in [3.8, 4) is 5.75 Å². The lowest BCUT2D eigenvalue weighted by Gasteiger charge is -1.88. The lowest BCUT2D eigenvalue weighted by Crippen LogP contribution is -1.74. The van der Waals surface area contributed by atoms with E-state index in [0.717, 1.165) is 6.29 Å². The Morgan fingerprint density at radius 2 is 1.79 bits per heavy atom. The Balaban J connectivity index is 0.000000292. The molecule has 0 aliphatic carbocycles. The van der Waals surface area contributed by atoms with Gasteiger partial charge in [0.15, 0.2) is 5.78 Å². The van der Waals surface area contributed by atoms with Gasteiger partial charge in [0.05, 0.1) is 0 Å². The molecule has 3 nitrogen and oxygen atoms in total. The predicted molar refractivity (Wildman–Crippen MR) is 54.4 cm³/mol. The number of ketones is 1. The van der Waals surface area contributed by atoms with Crippen LogP contribution in [0, 0.1) is 0 Å². The Morgan fingerprint density at radius 3 is 2.07 bits per heavy atom. The Kier molecular flexibility index (Phi) is 5.70. The highest BCUT2D eigenvalue weighted by Crippen LogP contribution is 2.07. The number of rotatable bonds is 2. The van der Waals surface area contributed by atoms with Crippen LogP contribution in [0.1, 0.15) is 17.3 Å². The second-order valence-corrected chi connectivity index (χ2v) is 2.52. The number of carbonyl (C=O) groups excluding carboxylic acids is 2. The maximum Gasteiger partial charge on any atom is 0.152 e. The molecule has 0 fully saturated rings. The Labute approximate surface area is 82.7 Å². The number of hydrogen-bond donors (Lipinski definition) is 1. The van der Waals surface area contributed by atoms with Crippen LogP contribution >= 0.6 is 0 Å². The van der Waals surface area contributed by atoms with Gasteiger partial charge in [0, 0.05) is 5.56 Å². The highest BCUT2D eigenvalue weighted by molar-refractivity contribution is 5.86. The first-order valence-corrected chi connectivity index (χ1v) is 3.97. The number of aromatic hydroxyl groups is 1. The molecule has 0 aromatic heterocycles. The molecule has 0 spiro atoms. The Bertz CT molecular complexity index is 312. The van der Waals surface area contributed by atoms with Gasteiger partial charge in [0.1, 0.15) is 12.0 Å². The molecule has 0 bridgehead atoms. The van der Waals surface area contributed by atoms with Gasteiger partial charge in [0.25, 0.3) is 0 Å². The fraction of sp³-hybridized carbons (Fsp3) is 0.0909. The molecule has 0 saturated carbocycles. The van der Waals surface area contributed by atoms with Crippen LogP contribution < -0.4 is 0 Å². The van der Waals surface area contributed by atoms with E-state index in [2.05, 4.69) is 6.58 Å². The highest BCUT2D eigenvalue weighted by Gasteiger charge is 1.86. The lowest BCUT2D eigenvalue weighted by atomic mass is 10.2. The number of benzene rings is 1. The van der Waals surface area contributed by atoms with E-state index in [1.807, 2.05) is 0 Å². The zero-order valence-corrected chi connectivity index (χ0v) is 7.93. The van der Waals surface area contributed by atoms with Crippen LogP contribution in [0.3, 0.4) is 0 Å². The first kappa shape index (κ1) is 12.1.